The maximum absolute atomic E-state index is 12.9. The second-order valence-corrected chi connectivity index (χ2v) is 7.39. The predicted molar refractivity (Wildman–Crippen MR) is 85.9 cm³/mol. The Labute approximate surface area is 129 Å². The molecule has 1 heterocycles. The molecule has 1 amide bonds. The van der Waals surface area contributed by atoms with E-state index in [1.54, 1.807) is 0 Å². The number of hydrogen-bond donors (Lipinski definition) is 1. The van der Waals surface area contributed by atoms with Gasteiger partial charge in [0, 0.05) is 6.04 Å². The van der Waals surface area contributed by atoms with Crippen molar-refractivity contribution in [2.75, 3.05) is 0 Å². The zero-order valence-corrected chi connectivity index (χ0v) is 13.7. The molecule has 0 aromatic rings. The lowest BCUT2D eigenvalue weighted by Crippen LogP contribution is -2.48. The Bertz CT molecular complexity index is 343. The molecule has 0 aromatic carbocycles. The summed E-state index contributed by atoms with van der Waals surface area (Å²) < 4.78 is 0. The van der Waals surface area contributed by atoms with Crippen LogP contribution in [0, 0.1) is 5.92 Å². The van der Waals surface area contributed by atoms with E-state index in [-0.39, 0.29) is 6.04 Å². The number of nitrogens with one attached hydrogen (secondary N) is 1. The van der Waals surface area contributed by atoms with Crippen molar-refractivity contribution < 1.29 is 4.79 Å². The van der Waals surface area contributed by atoms with Crippen molar-refractivity contribution in [1.29, 1.82) is 0 Å². The average molecular weight is 292 g/mol. The normalized spacial score (nSPS) is 32.8. The first kappa shape index (κ1) is 15.3. The van der Waals surface area contributed by atoms with Gasteiger partial charge < -0.3 is 4.90 Å². The second-order valence-electron chi connectivity index (χ2n) is 7.39. The molecule has 0 bridgehead atoms. The summed E-state index contributed by atoms with van der Waals surface area (Å²) in [5.41, 5.74) is 0. The Hall–Kier alpha value is -0.570. The van der Waals surface area contributed by atoms with E-state index >= 15 is 0 Å². The molecule has 3 rings (SSSR count). The summed E-state index contributed by atoms with van der Waals surface area (Å²) in [5, 5.41) is 3.73. The lowest BCUT2D eigenvalue weighted by atomic mass is 10.00. The van der Waals surface area contributed by atoms with Gasteiger partial charge in [-0.25, -0.2) is 0 Å². The zero-order chi connectivity index (χ0) is 14.7. The molecule has 3 fully saturated rings. The van der Waals surface area contributed by atoms with Crippen molar-refractivity contribution in [1.82, 2.24) is 10.2 Å². The molecule has 1 N–H and O–H groups in total. The monoisotopic (exact) mass is 292 g/mol. The summed E-state index contributed by atoms with van der Waals surface area (Å²) in [6, 6.07) is 0.615. The minimum absolute atomic E-state index is 0.101. The van der Waals surface area contributed by atoms with Gasteiger partial charge in [0.05, 0.1) is 12.2 Å². The highest BCUT2D eigenvalue weighted by Crippen LogP contribution is 2.36. The van der Waals surface area contributed by atoms with Crippen LogP contribution in [-0.4, -0.2) is 29.1 Å². The van der Waals surface area contributed by atoms with E-state index in [1.165, 1.54) is 64.2 Å². The van der Waals surface area contributed by atoms with Gasteiger partial charge in [0.25, 0.3) is 0 Å². The molecule has 1 aliphatic heterocycles. The van der Waals surface area contributed by atoms with Crippen molar-refractivity contribution >= 4 is 5.91 Å². The van der Waals surface area contributed by atoms with Crippen LogP contribution in [0.1, 0.15) is 84.0 Å². The number of carbonyl (C=O) groups is 1. The molecule has 0 spiro atoms. The van der Waals surface area contributed by atoms with Crippen LogP contribution >= 0.6 is 0 Å². The predicted octanol–water partition coefficient (Wildman–Crippen LogP) is 3.83. The van der Waals surface area contributed by atoms with Gasteiger partial charge in [0.15, 0.2) is 0 Å². The first-order valence-electron chi connectivity index (χ1n) is 9.39. The van der Waals surface area contributed by atoms with Gasteiger partial charge >= 0.3 is 0 Å². The van der Waals surface area contributed by atoms with Crippen LogP contribution in [0.15, 0.2) is 0 Å². The third-order valence-corrected chi connectivity index (χ3v) is 5.87. The maximum atomic E-state index is 12.9. The van der Waals surface area contributed by atoms with Gasteiger partial charge in [-0.1, -0.05) is 51.9 Å². The van der Waals surface area contributed by atoms with E-state index in [1.807, 2.05) is 0 Å². The third kappa shape index (κ3) is 3.28. The highest BCUT2D eigenvalue weighted by atomic mass is 16.2. The van der Waals surface area contributed by atoms with Gasteiger partial charge in [0.2, 0.25) is 5.91 Å². The third-order valence-electron chi connectivity index (χ3n) is 5.87. The van der Waals surface area contributed by atoms with Gasteiger partial charge in [-0.3, -0.25) is 10.1 Å². The number of hydrogen-bond acceptors (Lipinski definition) is 2. The first-order valence-corrected chi connectivity index (χ1v) is 9.39. The summed E-state index contributed by atoms with van der Waals surface area (Å²) in [7, 11) is 0. The lowest BCUT2D eigenvalue weighted by molar-refractivity contribution is -0.133. The molecule has 2 atom stereocenters. The SMILES string of the molecule is CCCC1NC(C2CCCC2)N(C2CCCCCC2)C1=O. The zero-order valence-electron chi connectivity index (χ0n) is 13.7. The number of amides is 1. The van der Waals surface area contributed by atoms with E-state index in [4.69, 9.17) is 0 Å². The minimum atomic E-state index is 0.101. The van der Waals surface area contributed by atoms with Crippen LogP contribution in [0.25, 0.3) is 0 Å². The molecule has 3 nitrogen and oxygen atoms in total. The van der Waals surface area contributed by atoms with E-state index in [2.05, 4.69) is 17.1 Å². The highest BCUT2D eigenvalue weighted by Gasteiger charge is 2.45. The van der Waals surface area contributed by atoms with E-state index < -0.39 is 0 Å². The van der Waals surface area contributed by atoms with Crippen LogP contribution in [0.4, 0.5) is 0 Å². The molecular formula is C18H32N2O. The Kier molecular flexibility index (Phi) is 5.20. The van der Waals surface area contributed by atoms with Gasteiger partial charge in [-0.2, -0.15) is 0 Å². The van der Waals surface area contributed by atoms with E-state index in [0.717, 1.165) is 12.8 Å². The van der Waals surface area contributed by atoms with Gasteiger partial charge in [-0.05, 0) is 38.0 Å². The molecule has 0 aromatic heterocycles. The molecule has 120 valence electrons. The standard InChI is InChI=1S/C18H32N2O/c1-2-9-16-18(21)20(15-12-5-3-4-6-13-15)17(19-16)14-10-7-8-11-14/h14-17,19H,2-13H2,1H3. The smallest absolute Gasteiger partial charge is 0.241 e. The topological polar surface area (TPSA) is 32.3 Å². The van der Waals surface area contributed by atoms with Crippen molar-refractivity contribution in [2.45, 2.75) is 102 Å². The molecule has 2 unspecified atom stereocenters. The van der Waals surface area contributed by atoms with Crippen LogP contribution in [0.2, 0.25) is 0 Å². The fourth-order valence-corrected chi connectivity index (χ4v) is 4.75. The van der Waals surface area contributed by atoms with Crippen molar-refractivity contribution in [3.63, 3.8) is 0 Å². The van der Waals surface area contributed by atoms with Gasteiger partial charge in [0.1, 0.15) is 0 Å². The molecular weight excluding hydrogens is 260 g/mol. The largest absolute Gasteiger partial charge is 0.323 e. The Morgan fingerprint density at radius 3 is 2.24 bits per heavy atom. The Balaban J connectivity index is 1.76. The molecule has 3 heteroatoms. The number of rotatable bonds is 4. The summed E-state index contributed by atoms with van der Waals surface area (Å²) in [6.07, 6.45) is 15.6. The van der Waals surface area contributed by atoms with Crippen molar-refractivity contribution in [3.8, 4) is 0 Å². The molecule has 1 saturated heterocycles. The fraction of sp³-hybridized carbons (Fsp3) is 0.944. The Morgan fingerprint density at radius 2 is 1.62 bits per heavy atom. The maximum Gasteiger partial charge on any atom is 0.241 e. The second kappa shape index (κ2) is 7.13. The van der Waals surface area contributed by atoms with Crippen LogP contribution in [0.5, 0.6) is 0 Å². The Morgan fingerprint density at radius 1 is 1.00 bits per heavy atom. The minimum Gasteiger partial charge on any atom is -0.323 e. The number of nitrogens with zero attached hydrogens (tertiary/aromatic N) is 1. The first-order chi connectivity index (χ1) is 10.3. The van der Waals surface area contributed by atoms with Crippen LogP contribution < -0.4 is 5.32 Å². The van der Waals surface area contributed by atoms with Crippen LogP contribution in [-0.2, 0) is 4.79 Å². The molecule has 3 aliphatic rings. The van der Waals surface area contributed by atoms with E-state index in [9.17, 15) is 4.79 Å². The molecule has 2 saturated carbocycles. The average Bonchev–Trinajstić information content (AvgIpc) is 3.02. The molecule has 2 aliphatic carbocycles. The number of carbonyl (C=O) groups excluding carboxylic acids is 1. The van der Waals surface area contributed by atoms with Gasteiger partial charge in [-0.15, -0.1) is 0 Å². The van der Waals surface area contributed by atoms with Crippen molar-refractivity contribution in [2.24, 2.45) is 5.92 Å². The quantitative estimate of drug-likeness (QED) is 0.799. The molecule has 0 radical (unpaired) electrons. The summed E-state index contributed by atoms with van der Waals surface area (Å²) >= 11 is 0. The van der Waals surface area contributed by atoms with E-state index in [0.29, 0.717) is 24.0 Å². The van der Waals surface area contributed by atoms with Crippen molar-refractivity contribution in [3.05, 3.63) is 0 Å². The summed E-state index contributed by atoms with van der Waals surface area (Å²) in [5.74, 6) is 1.12. The highest BCUT2D eigenvalue weighted by molar-refractivity contribution is 5.84. The fourth-order valence-electron chi connectivity index (χ4n) is 4.75. The lowest BCUT2D eigenvalue weighted by Gasteiger charge is -2.35. The van der Waals surface area contributed by atoms with Crippen LogP contribution in [0.3, 0.4) is 0 Å². The summed E-state index contributed by atoms with van der Waals surface area (Å²) in [6.45, 7) is 2.19. The molecule has 21 heavy (non-hydrogen) atoms. The summed E-state index contributed by atoms with van der Waals surface area (Å²) in [4.78, 5) is 15.3.